The average molecular weight is 274 g/mol. The Labute approximate surface area is 109 Å². The van der Waals surface area contributed by atoms with Crippen LogP contribution in [0.3, 0.4) is 0 Å². The predicted octanol–water partition coefficient (Wildman–Crippen LogP) is 2.49. The number of halogens is 2. The number of nitrogens with one attached hydrogen (secondary N) is 2. The maximum absolute atomic E-state index is 13.6. The van der Waals surface area contributed by atoms with Crippen LogP contribution in [0.25, 0.3) is 0 Å². The summed E-state index contributed by atoms with van der Waals surface area (Å²) in [7, 11) is 0. The molecule has 0 radical (unpaired) electrons. The maximum atomic E-state index is 13.6. The first-order chi connectivity index (χ1) is 8.60. The maximum Gasteiger partial charge on any atom is 0.251 e. The topological polar surface area (TPSA) is 41.1 Å². The monoisotopic (exact) mass is 274 g/mol. The van der Waals surface area contributed by atoms with Gasteiger partial charge in [-0.05, 0) is 25.3 Å². The van der Waals surface area contributed by atoms with Crippen molar-refractivity contribution in [2.75, 3.05) is 30.4 Å². The molecule has 2 N–H and O–H groups in total. The number of anilines is 1. The van der Waals surface area contributed by atoms with E-state index in [1.54, 1.807) is 18.7 Å². The van der Waals surface area contributed by atoms with Gasteiger partial charge in [0.15, 0.2) is 0 Å². The van der Waals surface area contributed by atoms with Gasteiger partial charge in [0.25, 0.3) is 5.91 Å². The van der Waals surface area contributed by atoms with Crippen LogP contribution in [0, 0.1) is 11.6 Å². The van der Waals surface area contributed by atoms with Gasteiger partial charge in [-0.1, -0.05) is 0 Å². The number of hydrogen-bond acceptors (Lipinski definition) is 3. The normalized spacial score (nSPS) is 10.2. The second kappa shape index (κ2) is 7.20. The Morgan fingerprint density at radius 3 is 2.44 bits per heavy atom. The molecule has 0 unspecified atom stereocenters. The van der Waals surface area contributed by atoms with Crippen LogP contribution in [-0.2, 0) is 0 Å². The molecule has 0 fully saturated rings. The molecule has 0 heterocycles. The summed E-state index contributed by atoms with van der Waals surface area (Å²) in [4.78, 5) is 11.6. The van der Waals surface area contributed by atoms with Crippen LogP contribution in [0.2, 0.25) is 0 Å². The van der Waals surface area contributed by atoms with Crippen LogP contribution < -0.4 is 10.6 Å². The summed E-state index contributed by atoms with van der Waals surface area (Å²) < 4.78 is 27.1. The first-order valence-electron chi connectivity index (χ1n) is 5.60. The highest BCUT2D eigenvalue weighted by molar-refractivity contribution is 7.98. The minimum Gasteiger partial charge on any atom is -0.381 e. The SMILES string of the molecule is CCNc1c(F)cc(C(=O)NCCSC)cc1F. The minimum absolute atomic E-state index is 0.00671. The van der Waals surface area contributed by atoms with E-state index >= 15 is 0 Å². The third-order valence-electron chi connectivity index (χ3n) is 2.25. The van der Waals surface area contributed by atoms with E-state index in [-0.39, 0.29) is 11.3 Å². The van der Waals surface area contributed by atoms with E-state index in [1.165, 1.54) is 0 Å². The van der Waals surface area contributed by atoms with E-state index in [0.717, 1.165) is 17.9 Å². The Morgan fingerprint density at radius 2 is 1.94 bits per heavy atom. The Morgan fingerprint density at radius 1 is 1.33 bits per heavy atom. The smallest absolute Gasteiger partial charge is 0.251 e. The third-order valence-corrected chi connectivity index (χ3v) is 2.86. The zero-order chi connectivity index (χ0) is 13.5. The molecule has 6 heteroatoms. The molecule has 0 aliphatic carbocycles. The van der Waals surface area contributed by atoms with Crippen molar-refractivity contribution in [1.82, 2.24) is 5.32 Å². The van der Waals surface area contributed by atoms with Crippen molar-refractivity contribution in [3.8, 4) is 0 Å². The molecule has 18 heavy (non-hydrogen) atoms. The van der Waals surface area contributed by atoms with Crippen LogP contribution in [0.15, 0.2) is 12.1 Å². The molecule has 1 amide bonds. The number of carbonyl (C=O) groups excluding carboxylic acids is 1. The molecule has 0 spiro atoms. The van der Waals surface area contributed by atoms with E-state index in [2.05, 4.69) is 10.6 Å². The number of rotatable bonds is 6. The number of amides is 1. The Bertz CT molecular complexity index is 404. The van der Waals surface area contributed by atoms with Crippen molar-refractivity contribution in [1.29, 1.82) is 0 Å². The van der Waals surface area contributed by atoms with Gasteiger partial charge in [-0.25, -0.2) is 8.78 Å². The zero-order valence-corrected chi connectivity index (χ0v) is 11.2. The van der Waals surface area contributed by atoms with Gasteiger partial charge in [0, 0.05) is 24.4 Å². The lowest BCUT2D eigenvalue weighted by Crippen LogP contribution is -2.26. The molecular formula is C12H16F2N2OS. The highest BCUT2D eigenvalue weighted by atomic mass is 32.2. The number of benzene rings is 1. The number of hydrogen-bond donors (Lipinski definition) is 2. The van der Waals surface area contributed by atoms with Crippen molar-refractivity contribution in [2.45, 2.75) is 6.92 Å². The number of carbonyl (C=O) groups is 1. The zero-order valence-electron chi connectivity index (χ0n) is 10.3. The fourth-order valence-electron chi connectivity index (χ4n) is 1.42. The molecule has 0 aromatic heterocycles. The summed E-state index contributed by atoms with van der Waals surface area (Å²) >= 11 is 1.58. The first kappa shape index (κ1) is 14.8. The largest absolute Gasteiger partial charge is 0.381 e. The van der Waals surface area contributed by atoms with Gasteiger partial charge in [0.05, 0.1) is 0 Å². The second-order valence-corrected chi connectivity index (χ2v) is 4.58. The highest BCUT2D eigenvalue weighted by Crippen LogP contribution is 2.20. The summed E-state index contributed by atoms with van der Waals surface area (Å²) in [6.07, 6.45) is 1.91. The van der Waals surface area contributed by atoms with Crippen molar-refractivity contribution in [3.05, 3.63) is 29.3 Å². The Balaban J connectivity index is 2.82. The van der Waals surface area contributed by atoms with E-state index < -0.39 is 17.5 Å². The van der Waals surface area contributed by atoms with Crippen LogP contribution in [0.4, 0.5) is 14.5 Å². The number of thioether (sulfide) groups is 1. The third kappa shape index (κ3) is 3.87. The van der Waals surface area contributed by atoms with E-state index in [4.69, 9.17) is 0 Å². The highest BCUT2D eigenvalue weighted by Gasteiger charge is 2.14. The molecule has 0 bridgehead atoms. The summed E-state index contributed by atoms with van der Waals surface area (Å²) in [5, 5.41) is 5.17. The van der Waals surface area contributed by atoms with Crippen LogP contribution in [0.5, 0.6) is 0 Å². The molecular weight excluding hydrogens is 258 g/mol. The second-order valence-electron chi connectivity index (χ2n) is 3.59. The summed E-state index contributed by atoms with van der Waals surface area (Å²) in [5.41, 5.74) is -0.203. The standard InChI is InChI=1S/C12H16F2N2OS/c1-3-15-11-9(13)6-8(7-10(11)14)12(17)16-4-5-18-2/h6-7,15H,3-5H2,1-2H3,(H,16,17). The van der Waals surface area contributed by atoms with Crippen molar-refractivity contribution >= 4 is 23.4 Å². The van der Waals surface area contributed by atoms with Gasteiger partial charge >= 0.3 is 0 Å². The Kier molecular flexibility index (Phi) is 5.91. The molecule has 1 rings (SSSR count). The molecule has 0 aliphatic rings. The van der Waals surface area contributed by atoms with E-state index in [9.17, 15) is 13.6 Å². The lowest BCUT2D eigenvalue weighted by Gasteiger charge is -2.09. The predicted molar refractivity (Wildman–Crippen MR) is 71.2 cm³/mol. The summed E-state index contributed by atoms with van der Waals surface area (Å²) in [5.74, 6) is -1.23. The van der Waals surface area contributed by atoms with Crippen LogP contribution in [-0.4, -0.2) is 31.0 Å². The molecule has 1 aromatic carbocycles. The Hall–Kier alpha value is -1.30. The van der Waals surface area contributed by atoms with Gasteiger partial charge in [0.1, 0.15) is 17.3 Å². The molecule has 0 saturated heterocycles. The first-order valence-corrected chi connectivity index (χ1v) is 6.99. The average Bonchev–Trinajstić information content (AvgIpc) is 2.33. The molecule has 0 aliphatic heterocycles. The quantitative estimate of drug-likeness (QED) is 0.783. The minimum atomic E-state index is -0.758. The fourth-order valence-corrected chi connectivity index (χ4v) is 1.72. The van der Waals surface area contributed by atoms with Crippen molar-refractivity contribution in [3.63, 3.8) is 0 Å². The van der Waals surface area contributed by atoms with Gasteiger partial charge in [0.2, 0.25) is 0 Å². The fraction of sp³-hybridized carbons (Fsp3) is 0.417. The summed E-state index contributed by atoms with van der Waals surface area (Å²) in [6.45, 7) is 2.62. The summed E-state index contributed by atoms with van der Waals surface area (Å²) in [6, 6.07) is 2.07. The lowest BCUT2D eigenvalue weighted by molar-refractivity contribution is 0.0955. The molecule has 1 aromatic rings. The van der Waals surface area contributed by atoms with Crippen LogP contribution >= 0.6 is 11.8 Å². The van der Waals surface area contributed by atoms with Crippen molar-refractivity contribution in [2.24, 2.45) is 0 Å². The van der Waals surface area contributed by atoms with Crippen molar-refractivity contribution < 1.29 is 13.6 Å². The van der Waals surface area contributed by atoms with Gasteiger partial charge in [-0.2, -0.15) is 11.8 Å². The van der Waals surface area contributed by atoms with Gasteiger partial charge in [-0.15, -0.1) is 0 Å². The van der Waals surface area contributed by atoms with Crippen LogP contribution in [0.1, 0.15) is 17.3 Å². The van der Waals surface area contributed by atoms with E-state index in [0.29, 0.717) is 13.1 Å². The van der Waals surface area contributed by atoms with E-state index in [1.807, 2.05) is 6.26 Å². The molecule has 0 saturated carbocycles. The molecule has 0 atom stereocenters. The molecule has 100 valence electrons. The van der Waals surface area contributed by atoms with Gasteiger partial charge in [-0.3, -0.25) is 4.79 Å². The van der Waals surface area contributed by atoms with Gasteiger partial charge < -0.3 is 10.6 Å². The lowest BCUT2D eigenvalue weighted by atomic mass is 10.1. The molecule has 3 nitrogen and oxygen atoms in total.